The number of hydrogen-bond acceptors (Lipinski definition) is 6. The van der Waals surface area contributed by atoms with Gasteiger partial charge in [-0.3, -0.25) is 15.1 Å². The lowest BCUT2D eigenvalue weighted by Crippen LogP contribution is -2.47. The zero-order valence-corrected chi connectivity index (χ0v) is 13.1. The summed E-state index contributed by atoms with van der Waals surface area (Å²) in [5.41, 5.74) is 5.88. The summed E-state index contributed by atoms with van der Waals surface area (Å²) < 4.78 is 13.5. The Kier molecular flexibility index (Phi) is 5.43. The molecule has 3 fully saturated rings. The zero-order chi connectivity index (χ0) is 16.2. The number of halogens is 1. The number of rotatable bonds is 4. The van der Waals surface area contributed by atoms with Crippen molar-refractivity contribution < 1.29 is 14.0 Å². The van der Waals surface area contributed by atoms with Crippen LogP contribution in [0.5, 0.6) is 0 Å². The number of nitriles is 1. The molecule has 5 unspecified atom stereocenters. The first-order valence-corrected chi connectivity index (χ1v) is 8.37. The Morgan fingerprint density at radius 2 is 2.30 bits per heavy atom. The maximum atomic E-state index is 13.5. The monoisotopic (exact) mass is 325 g/mol. The van der Waals surface area contributed by atoms with Crippen LogP contribution >= 0.6 is 0 Å². The maximum absolute atomic E-state index is 13.5. The van der Waals surface area contributed by atoms with Gasteiger partial charge in [0.1, 0.15) is 12.2 Å². The van der Waals surface area contributed by atoms with Crippen molar-refractivity contribution in [3.05, 3.63) is 0 Å². The van der Waals surface area contributed by atoms with Gasteiger partial charge in [0.25, 0.3) is 0 Å². The number of hydrazine groups is 1. The molecule has 2 saturated heterocycles. The summed E-state index contributed by atoms with van der Waals surface area (Å²) in [5, 5.41) is 13.8. The van der Waals surface area contributed by atoms with E-state index < -0.39 is 18.3 Å². The SMILES string of the molecule is N#CC1CC(C(=O)NC2CNN(CC3CCCC(F)C3)C2)NO1. The lowest BCUT2D eigenvalue weighted by atomic mass is 9.88. The van der Waals surface area contributed by atoms with Gasteiger partial charge < -0.3 is 5.32 Å². The molecule has 0 radical (unpaired) electrons. The van der Waals surface area contributed by atoms with Gasteiger partial charge in [0.05, 0.1) is 12.1 Å². The third-order valence-electron chi connectivity index (χ3n) is 4.81. The minimum atomic E-state index is -0.659. The van der Waals surface area contributed by atoms with Crippen molar-refractivity contribution in [3.8, 4) is 6.07 Å². The number of hydrogen-bond donors (Lipinski definition) is 3. The van der Waals surface area contributed by atoms with Gasteiger partial charge in [-0.05, 0) is 25.2 Å². The van der Waals surface area contributed by atoms with E-state index >= 15 is 0 Å². The van der Waals surface area contributed by atoms with E-state index in [9.17, 15) is 9.18 Å². The fraction of sp³-hybridized carbons (Fsp3) is 0.867. The maximum Gasteiger partial charge on any atom is 0.239 e. The van der Waals surface area contributed by atoms with E-state index in [0.717, 1.165) is 19.4 Å². The van der Waals surface area contributed by atoms with E-state index in [-0.39, 0.29) is 11.9 Å². The first kappa shape index (κ1) is 16.6. The number of nitrogens with one attached hydrogen (secondary N) is 3. The van der Waals surface area contributed by atoms with Gasteiger partial charge in [-0.1, -0.05) is 6.42 Å². The fourth-order valence-corrected chi connectivity index (χ4v) is 3.59. The van der Waals surface area contributed by atoms with E-state index in [2.05, 4.69) is 21.2 Å². The number of hydroxylamine groups is 1. The molecular weight excluding hydrogens is 301 g/mol. The summed E-state index contributed by atoms with van der Waals surface area (Å²) in [7, 11) is 0. The Morgan fingerprint density at radius 1 is 1.43 bits per heavy atom. The molecule has 23 heavy (non-hydrogen) atoms. The molecule has 3 rings (SSSR count). The van der Waals surface area contributed by atoms with Gasteiger partial charge in [-0.25, -0.2) is 9.40 Å². The molecule has 2 heterocycles. The first-order chi connectivity index (χ1) is 11.1. The molecule has 128 valence electrons. The molecule has 3 aliphatic rings. The Morgan fingerprint density at radius 3 is 3.04 bits per heavy atom. The molecule has 1 aliphatic carbocycles. The summed E-state index contributed by atoms with van der Waals surface area (Å²) in [6, 6.07) is 1.53. The fourth-order valence-electron chi connectivity index (χ4n) is 3.59. The summed E-state index contributed by atoms with van der Waals surface area (Å²) in [6.45, 7) is 2.22. The van der Waals surface area contributed by atoms with Crippen LogP contribution in [-0.4, -0.2) is 54.9 Å². The molecule has 5 atom stereocenters. The van der Waals surface area contributed by atoms with Crippen molar-refractivity contribution in [2.45, 2.75) is 56.5 Å². The molecule has 0 aromatic carbocycles. The predicted molar refractivity (Wildman–Crippen MR) is 80.4 cm³/mol. The standard InChI is InChI=1S/C15H24FN5O2/c16-11-3-1-2-10(4-11)8-21-9-12(7-18-21)19-15(22)14-5-13(6-17)23-20-14/h10-14,18,20H,1-5,7-9H2,(H,19,22). The van der Waals surface area contributed by atoms with Crippen LogP contribution in [0.3, 0.4) is 0 Å². The topological polar surface area (TPSA) is 89.4 Å². The van der Waals surface area contributed by atoms with Gasteiger partial charge in [-0.15, -0.1) is 0 Å². The molecule has 0 spiro atoms. The first-order valence-electron chi connectivity index (χ1n) is 8.37. The van der Waals surface area contributed by atoms with E-state index in [1.54, 1.807) is 0 Å². The second-order valence-electron chi connectivity index (χ2n) is 6.74. The summed E-state index contributed by atoms with van der Waals surface area (Å²) in [4.78, 5) is 17.1. The normalized spacial score (nSPS) is 38.3. The smallest absolute Gasteiger partial charge is 0.239 e. The number of carbonyl (C=O) groups excluding carboxylic acids is 1. The van der Waals surface area contributed by atoms with Crippen molar-refractivity contribution in [1.82, 2.24) is 21.2 Å². The molecule has 7 nitrogen and oxygen atoms in total. The Balaban J connectivity index is 1.39. The highest BCUT2D eigenvalue weighted by Crippen LogP contribution is 2.27. The van der Waals surface area contributed by atoms with Gasteiger partial charge in [0.2, 0.25) is 5.91 Å². The van der Waals surface area contributed by atoms with Crippen molar-refractivity contribution in [3.63, 3.8) is 0 Å². The summed E-state index contributed by atoms with van der Waals surface area (Å²) in [6.07, 6.45) is 2.53. The van der Waals surface area contributed by atoms with Crippen LogP contribution in [0.1, 0.15) is 32.1 Å². The average molecular weight is 325 g/mol. The zero-order valence-electron chi connectivity index (χ0n) is 13.1. The molecule has 0 bridgehead atoms. The molecule has 0 aromatic rings. The van der Waals surface area contributed by atoms with Gasteiger partial charge in [0.15, 0.2) is 6.10 Å². The molecule has 3 N–H and O–H groups in total. The molecule has 2 aliphatic heterocycles. The van der Waals surface area contributed by atoms with Crippen LogP contribution in [0.25, 0.3) is 0 Å². The van der Waals surface area contributed by atoms with Crippen LogP contribution < -0.4 is 16.2 Å². The van der Waals surface area contributed by atoms with Crippen LogP contribution in [0.15, 0.2) is 0 Å². The number of nitrogens with zero attached hydrogens (tertiary/aromatic N) is 2. The lowest BCUT2D eigenvalue weighted by molar-refractivity contribution is -0.124. The van der Waals surface area contributed by atoms with Crippen LogP contribution in [0, 0.1) is 17.2 Å². The number of alkyl halides is 1. The predicted octanol–water partition coefficient (Wildman–Crippen LogP) is 0.00538. The van der Waals surface area contributed by atoms with Crippen LogP contribution in [0.2, 0.25) is 0 Å². The molecule has 8 heteroatoms. The minimum absolute atomic E-state index is 0.0233. The average Bonchev–Trinajstić information content (AvgIpc) is 3.16. The van der Waals surface area contributed by atoms with Crippen molar-refractivity contribution in [2.24, 2.45) is 5.92 Å². The molecule has 1 saturated carbocycles. The largest absolute Gasteiger partial charge is 0.349 e. The molecular formula is C15H24FN5O2. The van der Waals surface area contributed by atoms with Crippen LogP contribution in [-0.2, 0) is 9.63 Å². The van der Waals surface area contributed by atoms with E-state index in [0.29, 0.717) is 38.3 Å². The second-order valence-corrected chi connectivity index (χ2v) is 6.74. The van der Waals surface area contributed by atoms with Crippen molar-refractivity contribution >= 4 is 5.91 Å². The highest BCUT2D eigenvalue weighted by Gasteiger charge is 2.34. The highest BCUT2D eigenvalue weighted by molar-refractivity contribution is 5.82. The number of amides is 1. The summed E-state index contributed by atoms with van der Waals surface area (Å²) in [5.74, 6) is 0.250. The van der Waals surface area contributed by atoms with Gasteiger partial charge in [-0.2, -0.15) is 10.7 Å². The quantitative estimate of drug-likeness (QED) is 0.674. The van der Waals surface area contributed by atoms with Crippen molar-refractivity contribution in [1.29, 1.82) is 5.26 Å². The van der Waals surface area contributed by atoms with Crippen molar-refractivity contribution in [2.75, 3.05) is 19.6 Å². The van der Waals surface area contributed by atoms with Crippen LogP contribution in [0.4, 0.5) is 4.39 Å². The van der Waals surface area contributed by atoms with E-state index in [1.165, 1.54) is 0 Å². The van der Waals surface area contributed by atoms with E-state index in [4.69, 9.17) is 10.1 Å². The lowest BCUT2D eigenvalue weighted by Gasteiger charge is -2.28. The highest BCUT2D eigenvalue weighted by atomic mass is 19.1. The Labute approximate surface area is 135 Å². The Bertz CT molecular complexity index is 471. The third kappa shape index (κ3) is 4.38. The van der Waals surface area contributed by atoms with E-state index in [1.807, 2.05) is 6.07 Å². The second kappa shape index (κ2) is 7.53. The van der Waals surface area contributed by atoms with Gasteiger partial charge in [0, 0.05) is 26.1 Å². The number of carbonyl (C=O) groups is 1. The molecule has 0 aromatic heterocycles. The Hall–Kier alpha value is -1.27. The van der Waals surface area contributed by atoms with Gasteiger partial charge >= 0.3 is 0 Å². The third-order valence-corrected chi connectivity index (χ3v) is 4.81. The molecule has 1 amide bonds. The summed E-state index contributed by atoms with van der Waals surface area (Å²) >= 11 is 0. The minimum Gasteiger partial charge on any atom is -0.349 e.